The quantitative estimate of drug-likeness (QED) is 0.379. The van der Waals surface area contributed by atoms with Gasteiger partial charge in [-0.05, 0) is 12.1 Å². The van der Waals surface area contributed by atoms with E-state index in [4.69, 9.17) is 6.42 Å². The molecule has 28 heavy (non-hydrogen) atoms. The van der Waals surface area contributed by atoms with Crippen molar-refractivity contribution in [3.63, 3.8) is 0 Å². The summed E-state index contributed by atoms with van der Waals surface area (Å²) < 4.78 is 57.2. The van der Waals surface area contributed by atoms with Gasteiger partial charge >= 0.3 is 11.0 Å². The van der Waals surface area contributed by atoms with Gasteiger partial charge < -0.3 is 0 Å². The van der Waals surface area contributed by atoms with Gasteiger partial charge in [0, 0.05) is 18.5 Å². The third kappa shape index (κ3) is 2.61. The van der Waals surface area contributed by atoms with Crippen molar-refractivity contribution in [1.82, 2.24) is 18.5 Å². The molecule has 0 unspecified atom stereocenters. The Bertz CT molecular complexity index is 1400. The van der Waals surface area contributed by atoms with E-state index in [1.54, 1.807) is 0 Å². The smallest absolute Gasteiger partial charge is 0.287 e. The van der Waals surface area contributed by atoms with Crippen LogP contribution < -0.4 is 10.4 Å². The van der Waals surface area contributed by atoms with Gasteiger partial charge in [-0.3, -0.25) is 18.6 Å². The zero-order valence-corrected chi connectivity index (χ0v) is 14.5. The lowest BCUT2D eigenvalue weighted by molar-refractivity contribution is -0.142. The number of hydrogen-bond donors (Lipinski definition) is 0. The molecule has 4 rings (SSSR count). The van der Waals surface area contributed by atoms with Crippen LogP contribution >= 0.6 is 11.3 Å². The van der Waals surface area contributed by atoms with Crippen LogP contribution in [0.15, 0.2) is 40.2 Å². The number of fused-ring (bicyclic) bond motifs is 2. The Morgan fingerprint density at radius 3 is 2.64 bits per heavy atom. The maximum atomic E-state index is 14.7. The van der Waals surface area contributed by atoms with Crippen LogP contribution in [-0.2, 0) is 12.7 Å². The van der Waals surface area contributed by atoms with Crippen LogP contribution in [0.1, 0.15) is 5.69 Å². The summed E-state index contributed by atoms with van der Waals surface area (Å²) in [5.74, 6) is 0.991. The van der Waals surface area contributed by atoms with E-state index < -0.39 is 33.9 Å². The van der Waals surface area contributed by atoms with Crippen molar-refractivity contribution >= 4 is 27.3 Å². The Morgan fingerprint density at radius 2 is 1.96 bits per heavy atom. The predicted molar refractivity (Wildman–Crippen MR) is 94.2 cm³/mol. The first-order valence-electron chi connectivity index (χ1n) is 7.65. The molecule has 0 aliphatic carbocycles. The Labute approximate surface area is 156 Å². The number of benzene rings is 1. The fraction of sp³-hybridized carbons (Fsp3) is 0.118. The molecular weight excluding hydrogens is 400 g/mol. The largest absolute Gasteiger partial charge is 0.432 e. The van der Waals surface area contributed by atoms with Crippen LogP contribution in [-0.4, -0.2) is 18.5 Å². The standard InChI is InChI=1S/C17H8F4N4O2S/c1-2-4-23-11-7-10(9(18)6-12(11)28-16(23)27)25-14(26)8-13(17(19,20)21)24-5-3-22-15(24)25/h1,3,5-8H,4H2. The molecule has 3 heterocycles. The average Bonchev–Trinajstić information content (AvgIpc) is 3.19. The molecule has 3 aromatic heterocycles. The molecule has 0 radical (unpaired) electrons. The predicted octanol–water partition coefficient (Wildman–Crippen LogP) is 2.65. The van der Waals surface area contributed by atoms with E-state index >= 15 is 0 Å². The van der Waals surface area contributed by atoms with E-state index in [0.29, 0.717) is 19.7 Å². The number of imidazole rings is 1. The minimum atomic E-state index is -4.81. The van der Waals surface area contributed by atoms with Gasteiger partial charge in [0.05, 0.1) is 22.4 Å². The highest BCUT2D eigenvalue weighted by Gasteiger charge is 2.35. The van der Waals surface area contributed by atoms with E-state index in [0.717, 1.165) is 29.8 Å². The summed E-state index contributed by atoms with van der Waals surface area (Å²) >= 11 is 0.767. The average molecular weight is 408 g/mol. The van der Waals surface area contributed by atoms with Gasteiger partial charge in [-0.25, -0.2) is 13.9 Å². The van der Waals surface area contributed by atoms with E-state index in [2.05, 4.69) is 10.9 Å². The summed E-state index contributed by atoms with van der Waals surface area (Å²) in [5, 5.41) is 0. The lowest BCUT2D eigenvalue weighted by atomic mass is 10.2. The Morgan fingerprint density at radius 1 is 1.21 bits per heavy atom. The lowest BCUT2D eigenvalue weighted by Crippen LogP contribution is -2.26. The minimum absolute atomic E-state index is 0.0788. The van der Waals surface area contributed by atoms with Crippen LogP contribution in [0.3, 0.4) is 0 Å². The second kappa shape index (κ2) is 6.07. The minimum Gasteiger partial charge on any atom is -0.287 e. The summed E-state index contributed by atoms with van der Waals surface area (Å²) in [7, 11) is 0. The fourth-order valence-electron chi connectivity index (χ4n) is 2.93. The Kier molecular flexibility index (Phi) is 3.90. The van der Waals surface area contributed by atoms with E-state index in [1.807, 2.05) is 0 Å². The number of hydrogen-bond acceptors (Lipinski definition) is 4. The number of halogens is 4. The monoisotopic (exact) mass is 408 g/mol. The molecule has 4 aromatic rings. The summed E-state index contributed by atoms with van der Waals surface area (Å²) in [5.41, 5.74) is -2.43. The number of alkyl halides is 3. The SMILES string of the molecule is C#CCn1c(=O)sc2cc(F)c(-n3c(=O)cc(C(F)(F)F)n4ccnc34)cc21. The fourth-order valence-corrected chi connectivity index (χ4v) is 3.83. The second-order valence-electron chi connectivity index (χ2n) is 5.73. The van der Waals surface area contributed by atoms with Crippen LogP contribution in [0.25, 0.3) is 21.7 Å². The van der Waals surface area contributed by atoms with Crippen molar-refractivity contribution in [2.24, 2.45) is 0 Å². The molecule has 0 bridgehead atoms. The molecule has 0 spiro atoms. The van der Waals surface area contributed by atoms with Crippen LogP contribution in [0, 0.1) is 18.2 Å². The summed E-state index contributed by atoms with van der Waals surface area (Å²) in [6.45, 7) is -0.0788. The number of rotatable bonds is 2. The molecule has 0 fully saturated rings. The van der Waals surface area contributed by atoms with Crippen molar-refractivity contribution in [1.29, 1.82) is 0 Å². The Balaban J connectivity index is 2.09. The molecule has 0 atom stereocenters. The summed E-state index contributed by atoms with van der Waals surface area (Å²) in [6.07, 6.45) is 2.52. The maximum absolute atomic E-state index is 14.7. The van der Waals surface area contributed by atoms with Crippen molar-refractivity contribution in [3.05, 3.63) is 62.1 Å². The molecule has 11 heteroatoms. The number of aromatic nitrogens is 4. The topological polar surface area (TPSA) is 61.3 Å². The third-order valence-electron chi connectivity index (χ3n) is 4.08. The van der Waals surface area contributed by atoms with Gasteiger partial charge in [-0.15, -0.1) is 6.42 Å². The molecule has 0 aliphatic heterocycles. The molecule has 1 aromatic carbocycles. The van der Waals surface area contributed by atoms with Gasteiger partial charge in [-0.2, -0.15) is 13.2 Å². The molecule has 0 saturated heterocycles. The van der Waals surface area contributed by atoms with Gasteiger partial charge in [-0.1, -0.05) is 17.3 Å². The van der Waals surface area contributed by atoms with E-state index in [-0.39, 0.29) is 17.7 Å². The molecule has 0 N–H and O–H groups in total. The van der Waals surface area contributed by atoms with Crippen molar-refractivity contribution in [2.45, 2.75) is 12.7 Å². The third-order valence-corrected chi connectivity index (χ3v) is 5.02. The molecule has 142 valence electrons. The zero-order valence-electron chi connectivity index (χ0n) is 13.7. The van der Waals surface area contributed by atoms with Crippen molar-refractivity contribution < 1.29 is 17.6 Å². The van der Waals surface area contributed by atoms with E-state index in [9.17, 15) is 27.2 Å². The lowest BCUT2D eigenvalue weighted by Gasteiger charge is -2.14. The molecule has 0 aliphatic rings. The molecule has 0 saturated carbocycles. The van der Waals surface area contributed by atoms with Gasteiger partial charge in [0.2, 0.25) is 5.78 Å². The first kappa shape index (κ1) is 18.0. The van der Waals surface area contributed by atoms with Crippen LogP contribution in [0.2, 0.25) is 0 Å². The Hall–Kier alpha value is -3.39. The first-order valence-corrected chi connectivity index (χ1v) is 8.47. The number of terminal acetylenes is 1. The molecule has 6 nitrogen and oxygen atoms in total. The van der Waals surface area contributed by atoms with E-state index in [1.165, 1.54) is 10.6 Å². The number of nitrogens with zero attached hydrogens (tertiary/aromatic N) is 4. The van der Waals surface area contributed by atoms with Crippen molar-refractivity contribution in [3.8, 4) is 18.0 Å². The van der Waals surface area contributed by atoms with Crippen LogP contribution in [0.4, 0.5) is 17.6 Å². The normalized spacial score (nSPS) is 12.0. The zero-order chi connectivity index (χ0) is 20.2. The highest BCUT2D eigenvalue weighted by atomic mass is 32.1. The van der Waals surface area contributed by atoms with Crippen LogP contribution in [0.5, 0.6) is 0 Å². The summed E-state index contributed by atoms with van der Waals surface area (Å²) in [4.78, 5) is 27.8. The van der Waals surface area contributed by atoms with Gasteiger partial charge in [0.1, 0.15) is 11.5 Å². The summed E-state index contributed by atoms with van der Waals surface area (Å²) in [6, 6.07) is 2.59. The highest BCUT2D eigenvalue weighted by molar-refractivity contribution is 7.16. The van der Waals surface area contributed by atoms with Gasteiger partial charge in [0.15, 0.2) is 0 Å². The first-order chi connectivity index (χ1) is 13.2. The second-order valence-corrected chi connectivity index (χ2v) is 6.72. The number of thiazole rings is 1. The molecule has 0 amide bonds. The van der Waals surface area contributed by atoms with Gasteiger partial charge in [0.25, 0.3) is 5.56 Å². The maximum Gasteiger partial charge on any atom is 0.432 e. The molecular formula is C17H8F4N4O2S. The highest BCUT2D eigenvalue weighted by Crippen LogP contribution is 2.30. The van der Waals surface area contributed by atoms with Crippen molar-refractivity contribution in [2.75, 3.05) is 0 Å².